The molecule has 0 saturated carbocycles. The first kappa shape index (κ1) is 19.9. The maximum Gasteiger partial charge on any atom is 0.292 e. The standard InChI is InChI=1S/C21H18Cl2FN3O2/c1-13-11-26(12-19(29-13)14-2-6-16(24)7-3-14)18-10-25-27(21(28)20(18)23)17-8-4-15(22)5-9-17/h2-10,13,19H,11-12H2,1H3. The Hall–Kier alpha value is -2.41. The van der Waals surface area contributed by atoms with Gasteiger partial charge in [-0.3, -0.25) is 4.79 Å². The Labute approximate surface area is 177 Å². The average Bonchev–Trinajstić information content (AvgIpc) is 2.71. The first-order valence-electron chi connectivity index (χ1n) is 9.12. The molecule has 1 aromatic heterocycles. The molecule has 0 aliphatic carbocycles. The van der Waals surface area contributed by atoms with Gasteiger partial charge in [-0.2, -0.15) is 9.78 Å². The SMILES string of the molecule is CC1CN(c2cnn(-c3ccc(Cl)cc3)c(=O)c2Cl)CC(c2ccc(F)cc2)O1. The molecule has 0 N–H and O–H groups in total. The number of halogens is 3. The Balaban J connectivity index is 1.65. The number of nitrogens with zero attached hydrogens (tertiary/aromatic N) is 3. The number of hydrogen-bond acceptors (Lipinski definition) is 4. The summed E-state index contributed by atoms with van der Waals surface area (Å²) < 4.78 is 20.5. The number of hydrogen-bond donors (Lipinski definition) is 0. The van der Waals surface area contributed by atoms with Gasteiger partial charge in [0, 0.05) is 18.1 Å². The third-order valence-corrected chi connectivity index (χ3v) is 5.42. The summed E-state index contributed by atoms with van der Waals surface area (Å²) in [6.07, 6.45) is 1.21. The molecule has 0 radical (unpaired) electrons. The minimum atomic E-state index is -0.413. The van der Waals surface area contributed by atoms with E-state index in [-0.39, 0.29) is 23.0 Å². The van der Waals surface area contributed by atoms with Crippen LogP contribution in [-0.4, -0.2) is 29.0 Å². The van der Waals surface area contributed by atoms with Gasteiger partial charge < -0.3 is 9.64 Å². The molecule has 1 saturated heterocycles. The molecule has 0 bridgehead atoms. The van der Waals surface area contributed by atoms with Crippen molar-refractivity contribution < 1.29 is 9.13 Å². The summed E-state index contributed by atoms with van der Waals surface area (Å²) in [6, 6.07) is 13.0. The van der Waals surface area contributed by atoms with Crippen LogP contribution in [0.5, 0.6) is 0 Å². The van der Waals surface area contributed by atoms with Crippen LogP contribution >= 0.6 is 23.2 Å². The molecule has 3 aromatic rings. The molecule has 150 valence electrons. The molecular weight excluding hydrogens is 416 g/mol. The van der Waals surface area contributed by atoms with Crippen LogP contribution in [0.15, 0.2) is 59.5 Å². The van der Waals surface area contributed by atoms with E-state index >= 15 is 0 Å². The van der Waals surface area contributed by atoms with Gasteiger partial charge in [-0.05, 0) is 48.9 Å². The molecule has 2 unspecified atom stereocenters. The third kappa shape index (κ3) is 4.15. The van der Waals surface area contributed by atoms with Gasteiger partial charge in [-0.15, -0.1) is 0 Å². The molecule has 5 nitrogen and oxygen atoms in total. The van der Waals surface area contributed by atoms with E-state index in [1.54, 1.807) is 42.6 Å². The van der Waals surface area contributed by atoms with Crippen molar-refractivity contribution in [2.75, 3.05) is 18.0 Å². The fourth-order valence-corrected chi connectivity index (χ4v) is 3.79. The van der Waals surface area contributed by atoms with Crippen molar-refractivity contribution in [3.63, 3.8) is 0 Å². The van der Waals surface area contributed by atoms with Crippen molar-refractivity contribution in [2.24, 2.45) is 0 Å². The summed E-state index contributed by atoms with van der Waals surface area (Å²) in [4.78, 5) is 14.8. The van der Waals surface area contributed by atoms with Crippen molar-refractivity contribution in [2.45, 2.75) is 19.1 Å². The second-order valence-electron chi connectivity index (χ2n) is 6.93. The molecule has 2 heterocycles. The Morgan fingerprint density at radius 3 is 2.45 bits per heavy atom. The van der Waals surface area contributed by atoms with Crippen molar-refractivity contribution in [1.29, 1.82) is 0 Å². The lowest BCUT2D eigenvalue weighted by molar-refractivity contribution is -0.0174. The van der Waals surface area contributed by atoms with E-state index < -0.39 is 5.56 Å². The van der Waals surface area contributed by atoms with Gasteiger partial charge in [-0.1, -0.05) is 35.3 Å². The van der Waals surface area contributed by atoms with E-state index in [9.17, 15) is 9.18 Å². The fraction of sp³-hybridized carbons (Fsp3) is 0.238. The summed E-state index contributed by atoms with van der Waals surface area (Å²) in [7, 11) is 0. The minimum Gasteiger partial charge on any atom is -0.367 e. The van der Waals surface area contributed by atoms with E-state index in [0.717, 1.165) is 5.56 Å². The van der Waals surface area contributed by atoms with Gasteiger partial charge in [0.1, 0.15) is 16.9 Å². The number of benzene rings is 2. The van der Waals surface area contributed by atoms with Crippen LogP contribution in [0.3, 0.4) is 0 Å². The van der Waals surface area contributed by atoms with Crippen molar-refractivity contribution in [1.82, 2.24) is 9.78 Å². The number of rotatable bonds is 3. The summed E-state index contributed by atoms with van der Waals surface area (Å²) in [6.45, 7) is 2.98. The molecule has 1 aliphatic heterocycles. The van der Waals surface area contributed by atoms with Crippen LogP contribution in [0.4, 0.5) is 10.1 Å². The highest BCUT2D eigenvalue weighted by atomic mass is 35.5. The summed E-state index contributed by atoms with van der Waals surface area (Å²) in [5.74, 6) is -0.299. The van der Waals surface area contributed by atoms with E-state index in [1.165, 1.54) is 16.8 Å². The fourth-order valence-electron chi connectivity index (χ4n) is 3.42. The second kappa shape index (κ2) is 8.14. The summed E-state index contributed by atoms with van der Waals surface area (Å²) in [5, 5.41) is 4.95. The largest absolute Gasteiger partial charge is 0.367 e. The van der Waals surface area contributed by atoms with Crippen LogP contribution in [-0.2, 0) is 4.74 Å². The number of ether oxygens (including phenoxy) is 1. The van der Waals surface area contributed by atoms with Crippen molar-refractivity contribution in [3.8, 4) is 5.69 Å². The zero-order valence-electron chi connectivity index (χ0n) is 15.6. The van der Waals surface area contributed by atoms with Crippen LogP contribution < -0.4 is 10.5 Å². The van der Waals surface area contributed by atoms with E-state index in [0.29, 0.717) is 29.5 Å². The van der Waals surface area contributed by atoms with E-state index in [4.69, 9.17) is 27.9 Å². The minimum absolute atomic E-state index is 0.0851. The Morgan fingerprint density at radius 2 is 1.76 bits per heavy atom. The summed E-state index contributed by atoms with van der Waals surface area (Å²) in [5.41, 5.74) is 1.57. The summed E-state index contributed by atoms with van der Waals surface area (Å²) >= 11 is 12.4. The van der Waals surface area contributed by atoms with Gasteiger partial charge >= 0.3 is 0 Å². The first-order valence-corrected chi connectivity index (χ1v) is 9.87. The molecule has 2 atom stereocenters. The highest BCUT2D eigenvalue weighted by Gasteiger charge is 2.29. The van der Waals surface area contributed by atoms with Gasteiger partial charge in [0.2, 0.25) is 0 Å². The molecule has 1 fully saturated rings. The average molecular weight is 434 g/mol. The van der Waals surface area contributed by atoms with Crippen molar-refractivity contribution in [3.05, 3.63) is 86.5 Å². The normalized spacial score (nSPS) is 19.4. The lowest BCUT2D eigenvalue weighted by Gasteiger charge is -2.38. The lowest BCUT2D eigenvalue weighted by Crippen LogP contribution is -2.43. The molecule has 2 aromatic carbocycles. The predicted molar refractivity (Wildman–Crippen MR) is 112 cm³/mol. The van der Waals surface area contributed by atoms with Crippen LogP contribution in [0.2, 0.25) is 10.0 Å². The second-order valence-corrected chi connectivity index (χ2v) is 7.74. The van der Waals surface area contributed by atoms with E-state index in [1.807, 2.05) is 11.8 Å². The smallest absolute Gasteiger partial charge is 0.292 e. The van der Waals surface area contributed by atoms with Crippen LogP contribution in [0.25, 0.3) is 5.69 Å². The first-order chi connectivity index (χ1) is 13.9. The molecule has 1 aliphatic rings. The zero-order chi connectivity index (χ0) is 20.5. The molecule has 8 heteroatoms. The lowest BCUT2D eigenvalue weighted by atomic mass is 10.1. The number of aromatic nitrogens is 2. The number of anilines is 1. The monoisotopic (exact) mass is 433 g/mol. The van der Waals surface area contributed by atoms with Crippen molar-refractivity contribution >= 4 is 28.9 Å². The number of morpholine rings is 1. The molecule has 0 amide bonds. The Kier molecular flexibility index (Phi) is 5.58. The van der Waals surface area contributed by atoms with Gasteiger partial charge in [0.25, 0.3) is 5.56 Å². The highest BCUT2D eigenvalue weighted by molar-refractivity contribution is 6.33. The topological polar surface area (TPSA) is 47.4 Å². The maximum atomic E-state index is 13.2. The quantitative estimate of drug-likeness (QED) is 0.603. The van der Waals surface area contributed by atoms with E-state index in [2.05, 4.69) is 5.10 Å². The molecule has 0 spiro atoms. The van der Waals surface area contributed by atoms with Gasteiger partial charge in [0.05, 0.1) is 23.7 Å². The Bertz CT molecular complexity index is 1070. The van der Waals surface area contributed by atoms with Gasteiger partial charge in [0.15, 0.2) is 0 Å². The third-order valence-electron chi connectivity index (χ3n) is 4.81. The van der Waals surface area contributed by atoms with Crippen LogP contribution in [0.1, 0.15) is 18.6 Å². The maximum absolute atomic E-state index is 13.2. The highest BCUT2D eigenvalue weighted by Crippen LogP contribution is 2.31. The Morgan fingerprint density at radius 1 is 1.07 bits per heavy atom. The van der Waals surface area contributed by atoms with Gasteiger partial charge in [-0.25, -0.2) is 4.39 Å². The zero-order valence-corrected chi connectivity index (χ0v) is 17.1. The van der Waals surface area contributed by atoms with Crippen LogP contribution in [0, 0.1) is 5.82 Å². The molecular formula is C21H18Cl2FN3O2. The molecule has 4 rings (SSSR count). The molecule has 29 heavy (non-hydrogen) atoms. The predicted octanol–water partition coefficient (Wildman–Crippen LogP) is 4.64.